The maximum atomic E-state index is 12.9. The number of benzene rings is 1. The van der Waals surface area contributed by atoms with Crippen molar-refractivity contribution in [1.29, 1.82) is 0 Å². The second-order valence-corrected chi connectivity index (χ2v) is 8.65. The molecule has 30 heavy (non-hydrogen) atoms. The fraction of sp³-hybridized carbons (Fsp3) is 0.550. The van der Waals surface area contributed by atoms with Gasteiger partial charge in [-0.25, -0.2) is 4.68 Å². The van der Waals surface area contributed by atoms with Crippen molar-refractivity contribution >= 4 is 17.7 Å². The standard InChI is InChI=1S/C20H25F2N5O2S/c21-19(22)29-15-9-7-14(8-10-15)18-24-25-20(27(18)23)30-12-17(28)26-11-3-5-13-4-1-2-6-16(13)26/h7-10,13,16,19H,1-6,11-12,23H2. The molecule has 2 atom stereocenters. The van der Waals surface area contributed by atoms with Gasteiger partial charge in [0.15, 0.2) is 5.82 Å². The number of carbonyl (C=O) groups excluding carboxylic acids is 1. The highest BCUT2D eigenvalue weighted by Crippen LogP contribution is 2.35. The number of ether oxygens (including phenoxy) is 1. The van der Waals surface area contributed by atoms with Crippen molar-refractivity contribution in [3.63, 3.8) is 0 Å². The van der Waals surface area contributed by atoms with Crippen LogP contribution in [-0.4, -0.2) is 50.6 Å². The first-order valence-corrected chi connectivity index (χ1v) is 11.2. The number of nitrogens with zero attached hydrogens (tertiary/aromatic N) is 4. The van der Waals surface area contributed by atoms with Crippen molar-refractivity contribution in [1.82, 2.24) is 19.8 Å². The number of amides is 1. The topological polar surface area (TPSA) is 86.3 Å². The Morgan fingerprint density at radius 1 is 1.17 bits per heavy atom. The van der Waals surface area contributed by atoms with Crippen molar-refractivity contribution in [2.75, 3.05) is 18.1 Å². The van der Waals surface area contributed by atoms with Gasteiger partial charge < -0.3 is 15.5 Å². The van der Waals surface area contributed by atoms with Crippen LogP contribution >= 0.6 is 11.8 Å². The summed E-state index contributed by atoms with van der Waals surface area (Å²) in [4.78, 5) is 14.9. The molecule has 2 heterocycles. The lowest BCUT2D eigenvalue weighted by Crippen LogP contribution is -2.50. The average molecular weight is 438 g/mol. The van der Waals surface area contributed by atoms with E-state index in [9.17, 15) is 13.6 Å². The van der Waals surface area contributed by atoms with E-state index in [0.29, 0.717) is 28.5 Å². The SMILES string of the molecule is Nn1c(SCC(=O)N2CCCC3CCCCC32)nnc1-c1ccc(OC(F)F)cc1. The Labute approximate surface area is 177 Å². The lowest BCUT2D eigenvalue weighted by Gasteiger charge is -2.44. The first-order valence-electron chi connectivity index (χ1n) is 10.2. The molecule has 4 rings (SSSR count). The minimum atomic E-state index is -2.88. The molecule has 0 radical (unpaired) electrons. The number of thioether (sulfide) groups is 1. The fourth-order valence-corrected chi connectivity index (χ4v) is 5.24. The number of nitrogen functional groups attached to an aromatic ring is 1. The number of hydrogen-bond donors (Lipinski definition) is 1. The Bertz CT molecular complexity index is 875. The zero-order valence-corrected chi connectivity index (χ0v) is 17.4. The number of nitrogens with two attached hydrogens (primary N) is 1. The van der Waals surface area contributed by atoms with Crippen LogP contribution in [-0.2, 0) is 4.79 Å². The highest BCUT2D eigenvalue weighted by atomic mass is 32.2. The van der Waals surface area contributed by atoms with Gasteiger partial charge in [-0.15, -0.1) is 10.2 Å². The Morgan fingerprint density at radius 3 is 2.67 bits per heavy atom. The van der Waals surface area contributed by atoms with Crippen LogP contribution in [0, 0.1) is 5.92 Å². The summed E-state index contributed by atoms with van der Waals surface area (Å²) in [7, 11) is 0. The van der Waals surface area contributed by atoms with Gasteiger partial charge in [-0.3, -0.25) is 4.79 Å². The van der Waals surface area contributed by atoms with Crippen LogP contribution < -0.4 is 10.6 Å². The summed E-state index contributed by atoms with van der Waals surface area (Å²) in [5, 5.41) is 8.61. The second kappa shape index (κ2) is 9.20. The Balaban J connectivity index is 1.39. The molecule has 1 saturated heterocycles. The van der Waals surface area contributed by atoms with E-state index in [0.717, 1.165) is 19.4 Å². The normalized spacial score (nSPS) is 21.5. The van der Waals surface area contributed by atoms with Crippen LogP contribution in [0.3, 0.4) is 0 Å². The molecule has 0 spiro atoms. The number of alkyl halides is 2. The summed E-state index contributed by atoms with van der Waals surface area (Å²) in [5.74, 6) is 7.59. The molecule has 2 aromatic rings. The number of rotatable bonds is 6. The molecule has 1 saturated carbocycles. The van der Waals surface area contributed by atoms with Crippen molar-refractivity contribution < 1.29 is 18.3 Å². The largest absolute Gasteiger partial charge is 0.435 e. The fourth-order valence-electron chi connectivity index (χ4n) is 4.50. The molecular formula is C20H25F2N5O2S. The molecule has 10 heteroatoms. The van der Waals surface area contributed by atoms with Crippen LogP contribution in [0.5, 0.6) is 5.75 Å². The minimum Gasteiger partial charge on any atom is -0.435 e. The van der Waals surface area contributed by atoms with E-state index in [4.69, 9.17) is 5.84 Å². The molecule has 0 bridgehead atoms. The molecule has 2 fully saturated rings. The molecule has 1 amide bonds. The molecule has 1 aromatic heterocycles. The zero-order chi connectivity index (χ0) is 21.1. The summed E-state index contributed by atoms with van der Waals surface area (Å²) in [6, 6.07) is 6.39. The minimum absolute atomic E-state index is 0.0552. The highest BCUT2D eigenvalue weighted by Gasteiger charge is 2.35. The number of halogens is 2. The summed E-state index contributed by atoms with van der Waals surface area (Å²) in [5.41, 5.74) is 0.617. The van der Waals surface area contributed by atoms with E-state index in [2.05, 4.69) is 19.8 Å². The smallest absolute Gasteiger partial charge is 0.387 e. The van der Waals surface area contributed by atoms with E-state index in [1.54, 1.807) is 12.1 Å². The second-order valence-electron chi connectivity index (χ2n) is 7.71. The van der Waals surface area contributed by atoms with E-state index >= 15 is 0 Å². The van der Waals surface area contributed by atoms with Crippen LogP contribution in [0.2, 0.25) is 0 Å². The van der Waals surface area contributed by atoms with Crippen molar-refractivity contribution in [2.24, 2.45) is 5.92 Å². The summed E-state index contributed by atoms with van der Waals surface area (Å²) < 4.78 is 30.2. The molecule has 1 aromatic carbocycles. The third-order valence-electron chi connectivity index (χ3n) is 5.89. The summed E-state index contributed by atoms with van der Waals surface area (Å²) in [6.45, 7) is -2.05. The number of likely N-dealkylation sites (tertiary alicyclic amines) is 1. The van der Waals surface area contributed by atoms with Crippen LogP contribution in [0.15, 0.2) is 29.4 Å². The molecular weight excluding hydrogens is 412 g/mol. The van der Waals surface area contributed by atoms with E-state index in [1.807, 2.05) is 0 Å². The Morgan fingerprint density at radius 2 is 1.90 bits per heavy atom. The molecule has 7 nitrogen and oxygen atoms in total. The van der Waals surface area contributed by atoms with E-state index in [1.165, 1.54) is 54.3 Å². The lowest BCUT2D eigenvalue weighted by atomic mass is 9.78. The molecule has 2 N–H and O–H groups in total. The van der Waals surface area contributed by atoms with Gasteiger partial charge in [0.25, 0.3) is 0 Å². The predicted molar refractivity (Wildman–Crippen MR) is 110 cm³/mol. The van der Waals surface area contributed by atoms with E-state index < -0.39 is 6.61 Å². The van der Waals surface area contributed by atoms with Gasteiger partial charge in [-0.1, -0.05) is 24.6 Å². The number of aromatic nitrogens is 3. The maximum Gasteiger partial charge on any atom is 0.387 e. The van der Waals surface area contributed by atoms with Gasteiger partial charge in [0, 0.05) is 18.2 Å². The first kappa shape index (κ1) is 20.9. The van der Waals surface area contributed by atoms with Crippen LogP contribution in [0.4, 0.5) is 8.78 Å². The molecule has 1 aliphatic heterocycles. The third-order valence-corrected chi connectivity index (χ3v) is 6.82. The third kappa shape index (κ3) is 4.53. The predicted octanol–water partition coefficient (Wildman–Crippen LogP) is 3.53. The number of fused-ring (bicyclic) bond motifs is 1. The Hall–Kier alpha value is -2.36. The van der Waals surface area contributed by atoms with Gasteiger partial charge >= 0.3 is 6.61 Å². The summed E-state index contributed by atoms with van der Waals surface area (Å²) >= 11 is 1.26. The molecule has 1 aliphatic carbocycles. The van der Waals surface area contributed by atoms with Gasteiger partial charge in [0.1, 0.15) is 5.75 Å². The quantitative estimate of drug-likeness (QED) is 0.550. The van der Waals surface area contributed by atoms with Crippen molar-refractivity contribution in [2.45, 2.75) is 56.3 Å². The maximum absolute atomic E-state index is 12.9. The van der Waals surface area contributed by atoms with Crippen LogP contribution in [0.1, 0.15) is 38.5 Å². The Kier molecular flexibility index (Phi) is 6.40. The highest BCUT2D eigenvalue weighted by molar-refractivity contribution is 7.99. The van der Waals surface area contributed by atoms with Gasteiger partial charge in [0.05, 0.1) is 5.75 Å². The van der Waals surface area contributed by atoms with Gasteiger partial charge in [-0.05, 0) is 55.9 Å². The lowest BCUT2D eigenvalue weighted by molar-refractivity contribution is -0.134. The van der Waals surface area contributed by atoms with Gasteiger partial charge in [-0.2, -0.15) is 8.78 Å². The monoisotopic (exact) mass is 437 g/mol. The average Bonchev–Trinajstić information content (AvgIpc) is 3.12. The van der Waals surface area contributed by atoms with Crippen molar-refractivity contribution in [3.8, 4) is 17.1 Å². The van der Waals surface area contributed by atoms with Crippen molar-refractivity contribution in [3.05, 3.63) is 24.3 Å². The number of carbonyl (C=O) groups is 1. The molecule has 162 valence electrons. The van der Waals surface area contributed by atoms with Gasteiger partial charge in [0.2, 0.25) is 11.1 Å². The van der Waals surface area contributed by atoms with E-state index in [-0.39, 0.29) is 17.4 Å². The first-order chi connectivity index (χ1) is 14.5. The number of piperidine rings is 1. The molecule has 2 aliphatic rings. The zero-order valence-electron chi connectivity index (χ0n) is 16.5. The molecule has 2 unspecified atom stereocenters. The number of hydrogen-bond acceptors (Lipinski definition) is 6. The summed E-state index contributed by atoms with van der Waals surface area (Å²) in [6.07, 6.45) is 7.09. The van der Waals surface area contributed by atoms with Crippen LogP contribution in [0.25, 0.3) is 11.4 Å².